The molecule has 0 saturated heterocycles. The van der Waals surface area contributed by atoms with Crippen molar-refractivity contribution in [3.8, 4) is 5.69 Å². The van der Waals surface area contributed by atoms with Gasteiger partial charge in [0.2, 0.25) is 0 Å². The molecule has 36 heavy (non-hydrogen) atoms. The van der Waals surface area contributed by atoms with Gasteiger partial charge in [0.25, 0.3) is 11.5 Å². The van der Waals surface area contributed by atoms with Crippen molar-refractivity contribution in [2.75, 3.05) is 5.75 Å². The monoisotopic (exact) mass is 517 g/mol. The number of rotatable bonds is 7. The number of hydrogen-bond acceptors (Lipinski definition) is 8. The number of para-hydroxylation sites is 1. The van der Waals surface area contributed by atoms with E-state index in [1.807, 2.05) is 30.3 Å². The number of nitrogens with zero attached hydrogens (tertiary/aromatic N) is 3. The summed E-state index contributed by atoms with van der Waals surface area (Å²) in [6.45, 7) is 0. The SMILES string of the molecule is O=C(CSc1nc2sc3c(c2c(=O)n1-c1ccccc1)CCCC3)N/N=C\c1ccccc1C(=O)[O-]. The minimum Gasteiger partial charge on any atom is -0.545 e. The van der Waals surface area contributed by atoms with Crippen molar-refractivity contribution in [3.05, 3.63) is 86.5 Å². The van der Waals surface area contributed by atoms with Crippen LogP contribution in [0, 0.1) is 0 Å². The van der Waals surface area contributed by atoms with Crippen LogP contribution in [-0.4, -0.2) is 33.4 Å². The Balaban J connectivity index is 1.40. The summed E-state index contributed by atoms with van der Waals surface area (Å²) >= 11 is 2.71. The van der Waals surface area contributed by atoms with Gasteiger partial charge < -0.3 is 9.90 Å². The molecule has 8 nitrogen and oxygen atoms in total. The van der Waals surface area contributed by atoms with Gasteiger partial charge in [-0.1, -0.05) is 54.2 Å². The van der Waals surface area contributed by atoms with E-state index in [9.17, 15) is 19.5 Å². The van der Waals surface area contributed by atoms with Crippen LogP contribution in [0.1, 0.15) is 39.2 Å². The van der Waals surface area contributed by atoms with E-state index < -0.39 is 11.9 Å². The zero-order valence-electron chi connectivity index (χ0n) is 19.1. The standard InChI is InChI=1S/C26H22N4O4S2/c31-21(29-27-14-16-8-4-5-11-18(16)25(33)34)15-35-26-28-23-22(19-12-6-7-13-20(19)36-23)24(32)30(26)17-9-2-1-3-10-17/h1-5,8-11,14H,6-7,12-13,15H2,(H,29,31)(H,33,34)/p-1/b27-14-. The minimum absolute atomic E-state index is 0.0205. The topological polar surface area (TPSA) is 116 Å². The highest BCUT2D eigenvalue weighted by Gasteiger charge is 2.23. The number of benzene rings is 2. The van der Waals surface area contributed by atoms with Gasteiger partial charge in [-0.3, -0.25) is 14.2 Å². The van der Waals surface area contributed by atoms with Gasteiger partial charge in [-0.05, 0) is 43.4 Å². The molecule has 5 rings (SSSR count). The Kier molecular flexibility index (Phi) is 6.97. The number of nitrogens with one attached hydrogen (secondary N) is 1. The second-order valence-corrected chi connectivity index (χ2v) is 10.2. The average Bonchev–Trinajstić information content (AvgIpc) is 3.27. The fourth-order valence-corrected chi connectivity index (χ4v) is 6.33. The largest absolute Gasteiger partial charge is 0.545 e. The first kappa shape index (κ1) is 24.0. The predicted octanol–water partition coefficient (Wildman–Crippen LogP) is 2.93. The summed E-state index contributed by atoms with van der Waals surface area (Å²) < 4.78 is 1.57. The highest BCUT2D eigenvalue weighted by molar-refractivity contribution is 7.99. The number of carboxylic acid groups (broad SMARTS) is 1. The van der Waals surface area contributed by atoms with E-state index >= 15 is 0 Å². The Morgan fingerprint density at radius 2 is 1.86 bits per heavy atom. The van der Waals surface area contributed by atoms with Crippen molar-refractivity contribution in [2.45, 2.75) is 30.8 Å². The van der Waals surface area contributed by atoms with Gasteiger partial charge in [0.05, 0.1) is 29.0 Å². The molecule has 0 aliphatic heterocycles. The van der Waals surface area contributed by atoms with Crippen LogP contribution in [-0.2, 0) is 17.6 Å². The predicted molar refractivity (Wildman–Crippen MR) is 139 cm³/mol. The number of hydrazone groups is 1. The number of carbonyl (C=O) groups excluding carboxylic acids is 2. The van der Waals surface area contributed by atoms with E-state index in [2.05, 4.69) is 10.5 Å². The van der Waals surface area contributed by atoms with Crippen LogP contribution in [0.2, 0.25) is 0 Å². The maximum absolute atomic E-state index is 13.7. The molecule has 1 N–H and O–H groups in total. The van der Waals surface area contributed by atoms with Crippen LogP contribution in [0.15, 0.2) is 69.6 Å². The van der Waals surface area contributed by atoms with E-state index in [1.54, 1.807) is 34.1 Å². The van der Waals surface area contributed by atoms with Gasteiger partial charge in [0.15, 0.2) is 5.16 Å². The third-order valence-electron chi connectivity index (χ3n) is 5.88. The summed E-state index contributed by atoms with van der Waals surface area (Å²) in [5.41, 5.74) is 4.38. The average molecular weight is 518 g/mol. The number of amides is 1. The van der Waals surface area contributed by atoms with Crippen LogP contribution in [0.5, 0.6) is 0 Å². The van der Waals surface area contributed by atoms with Crippen molar-refractivity contribution in [3.63, 3.8) is 0 Å². The summed E-state index contributed by atoms with van der Waals surface area (Å²) in [5, 5.41) is 16.2. The molecule has 0 atom stereocenters. The highest BCUT2D eigenvalue weighted by Crippen LogP contribution is 2.35. The number of carbonyl (C=O) groups is 2. The third-order valence-corrected chi connectivity index (χ3v) is 8.00. The van der Waals surface area contributed by atoms with Crippen molar-refractivity contribution in [1.29, 1.82) is 0 Å². The molecule has 0 unspecified atom stereocenters. The van der Waals surface area contributed by atoms with Crippen molar-refractivity contribution < 1.29 is 14.7 Å². The number of carboxylic acids is 1. The molecule has 4 aromatic rings. The van der Waals surface area contributed by atoms with Gasteiger partial charge in [-0.2, -0.15) is 5.10 Å². The lowest BCUT2D eigenvalue weighted by Gasteiger charge is -2.13. The lowest BCUT2D eigenvalue weighted by molar-refractivity contribution is -0.255. The van der Waals surface area contributed by atoms with E-state index in [0.29, 0.717) is 26.6 Å². The molecule has 0 radical (unpaired) electrons. The summed E-state index contributed by atoms with van der Waals surface area (Å²) in [5.74, 6) is -1.77. The second-order valence-electron chi connectivity index (χ2n) is 8.22. The second kappa shape index (κ2) is 10.5. The minimum atomic E-state index is -1.32. The normalized spacial score (nSPS) is 13.1. The van der Waals surface area contributed by atoms with Crippen LogP contribution in [0.3, 0.4) is 0 Å². The fourth-order valence-electron chi connectivity index (χ4n) is 4.22. The quantitative estimate of drug-likeness (QED) is 0.174. The Morgan fingerprint density at radius 1 is 1.11 bits per heavy atom. The molecule has 0 saturated carbocycles. The fraction of sp³-hybridized carbons (Fsp3) is 0.192. The summed E-state index contributed by atoms with van der Waals surface area (Å²) in [6, 6.07) is 15.5. The molecule has 2 aromatic heterocycles. The van der Waals surface area contributed by atoms with Crippen molar-refractivity contribution in [2.24, 2.45) is 5.10 Å². The van der Waals surface area contributed by atoms with Crippen LogP contribution in [0.25, 0.3) is 15.9 Å². The maximum Gasteiger partial charge on any atom is 0.267 e. The molecule has 2 aromatic carbocycles. The third kappa shape index (κ3) is 4.82. The molecular formula is C26H21N4O4S2-. The van der Waals surface area contributed by atoms with Gasteiger partial charge in [-0.25, -0.2) is 10.4 Å². The number of fused-ring (bicyclic) bond motifs is 3. The molecule has 2 heterocycles. The molecule has 10 heteroatoms. The van der Waals surface area contributed by atoms with E-state index in [1.165, 1.54) is 17.2 Å². The zero-order chi connectivity index (χ0) is 25.1. The Bertz CT molecular complexity index is 1540. The number of hydrogen-bond donors (Lipinski definition) is 1. The van der Waals surface area contributed by atoms with Crippen LogP contribution < -0.4 is 16.1 Å². The molecule has 0 bridgehead atoms. The number of thioether (sulfide) groups is 1. The first-order chi connectivity index (χ1) is 17.5. The maximum atomic E-state index is 13.7. The van der Waals surface area contributed by atoms with E-state index in [0.717, 1.165) is 43.0 Å². The lowest BCUT2D eigenvalue weighted by atomic mass is 9.97. The molecular weight excluding hydrogens is 496 g/mol. The smallest absolute Gasteiger partial charge is 0.267 e. The van der Waals surface area contributed by atoms with Gasteiger partial charge in [0.1, 0.15) is 4.83 Å². The molecule has 1 aliphatic carbocycles. The number of aromatic nitrogens is 2. The van der Waals surface area contributed by atoms with Crippen molar-refractivity contribution in [1.82, 2.24) is 15.0 Å². The zero-order valence-corrected chi connectivity index (χ0v) is 20.7. The summed E-state index contributed by atoms with van der Waals surface area (Å²) in [4.78, 5) is 44.1. The van der Waals surface area contributed by atoms with Crippen LogP contribution >= 0.6 is 23.1 Å². The molecule has 0 fully saturated rings. The van der Waals surface area contributed by atoms with Crippen LogP contribution in [0.4, 0.5) is 0 Å². The Hall–Kier alpha value is -3.76. The van der Waals surface area contributed by atoms with E-state index in [4.69, 9.17) is 4.98 Å². The Labute approximate surface area is 214 Å². The van der Waals surface area contributed by atoms with Crippen molar-refractivity contribution >= 4 is 51.4 Å². The first-order valence-electron chi connectivity index (χ1n) is 11.4. The first-order valence-corrected chi connectivity index (χ1v) is 13.2. The molecule has 1 aliphatic rings. The van der Waals surface area contributed by atoms with Gasteiger partial charge >= 0.3 is 0 Å². The summed E-state index contributed by atoms with van der Waals surface area (Å²) in [6.07, 6.45) is 5.28. The number of thiophene rings is 1. The molecule has 0 spiro atoms. The Morgan fingerprint density at radius 3 is 2.67 bits per heavy atom. The highest BCUT2D eigenvalue weighted by atomic mass is 32.2. The number of aryl methyl sites for hydroxylation is 2. The van der Waals surface area contributed by atoms with Gasteiger partial charge in [0, 0.05) is 16.0 Å². The molecule has 1 amide bonds. The summed E-state index contributed by atoms with van der Waals surface area (Å²) in [7, 11) is 0. The molecule has 182 valence electrons. The lowest BCUT2D eigenvalue weighted by Crippen LogP contribution is -2.25. The number of aromatic carboxylic acids is 1. The van der Waals surface area contributed by atoms with E-state index in [-0.39, 0.29) is 16.9 Å². The van der Waals surface area contributed by atoms with Gasteiger partial charge in [-0.15, -0.1) is 11.3 Å².